The van der Waals surface area contributed by atoms with Crippen molar-refractivity contribution in [2.24, 2.45) is 0 Å². The molecule has 0 saturated heterocycles. The zero-order chi connectivity index (χ0) is 45.2. The van der Waals surface area contributed by atoms with E-state index in [-0.39, 0.29) is 0 Å². The number of rotatable bonds is 5. The lowest BCUT2D eigenvalue weighted by Gasteiger charge is -2.13. The van der Waals surface area contributed by atoms with Gasteiger partial charge in [0.25, 0.3) is 0 Å². The monoisotopic (exact) mass is 879 g/mol. The SMILES string of the molecule is c1ccc(-c2nc(-c3ccc4oc5c6ccccc6c(-n6c7cc8ccccc8cc7c7cc8ccccc8cc76)cc5c4c3)nc(-c3ccc4c5ccccc5n(-c5ccccc5)c4c3)n2)cc1. The molecule has 0 spiro atoms. The van der Waals surface area contributed by atoms with Crippen LogP contribution in [-0.4, -0.2) is 24.1 Å². The first kappa shape index (κ1) is 37.8. The maximum absolute atomic E-state index is 6.85. The maximum atomic E-state index is 6.85. The van der Waals surface area contributed by atoms with Gasteiger partial charge in [0.05, 0.1) is 27.8 Å². The fourth-order valence-electron chi connectivity index (χ4n) is 10.9. The predicted molar refractivity (Wildman–Crippen MR) is 285 cm³/mol. The van der Waals surface area contributed by atoms with Crippen LogP contribution >= 0.6 is 0 Å². The summed E-state index contributed by atoms with van der Waals surface area (Å²) >= 11 is 0. The van der Waals surface area contributed by atoms with Crippen molar-refractivity contribution in [3.05, 3.63) is 224 Å². The van der Waals surface area contributed by atoms with Crippen molar-refractivity contribution in [1.82, 2.24) is 24.1 Å². The minimum absolute atomic E-state index is 0.584. The van der Waals surface area contributed by atoms with Gasteiger partial charge in [-0.05, 0) is 94.3 Å². The molecule has 0 saturated carbocycles. The zero-order valence-corrected chi connectivity index (χ0v) is 37.0. The highest BCUT2D eigenvalue weighted by atomic mass is 16.3. The minimum Gasteiger partial charge on any atom is -0.455 e. The summed E-state index contributed by atoms with van der Waals surface area (Å²) in [6.45, 7) is 0. The van der Waals surface area contributed by atoms with Gasteiger partial charge < -0.3 is 13.6 Å². The molecule has 4 heterocycles. The van der Waals surface area contributed by atoms with E-state index >= 15 is 0 Å². The van der Waals surface area contributed by atoms with E-state index in [9.17, 15) is 0 Å². The molecule has 15 aromatic rings. The Morgan fingerprint density at radius 3 is 1.48 bits per heavy atom. The van der Waals surface area contributed by atoms with Crippen LogP contribution in [-0.2, 0) is 0 Å². The number of fused-ring (bicyclic) bond motifs is 13. The van der Waals surface area contributed by atoms with Gasteiger partial charge in [-0.25, -0.2) is 15.0 Å². The summed E-state index contributed by atoms with van der Waals surface area (Å²) in [7, 11) is 0. The van der Waals surface area contributed by atoms with Crippen molar-refractivity contribution < 1.29 is 4.42 Å². The number of benzene rings is 11. The molecule has 0 radical (unpaired) electrons. The van der Waals surface area contributed by atoms with Crippen LogP contribution in [0.3, 0.4) is 0 Å². The third-order valence-corrected chi connectivity index (χ3v) is 14.1. The van der Waals surface area contributed by atoms with Gasteiger partial charge in [-0.1, -0.05) is 152 Å². The molecule has 69 heavy (non-hydrogen) atoms. The lowest BCUT2D eigenvalue weighted by Crippen LogP contribution is -2.00. The number of hydrogen-bond donors (Lipinski definition) is 0. The average Bonchev–Trinajstić information content (AvgIpc) is 4.06. The first-order chi connectivity index (χ1) is 34.2. The van der Waals surface area contributed by atoms with Gasteiger partial charge >= 0.3 is 0 Å². The number of furan rings is 1. The second-order valence-corrected chi connectivity index (χ2v) is 18.0. The Morgan fingerprint density at radius 2 is 0.797 bits per heavy atom. The van der Waals surface area contributed by atoms with E-state index in [1.165, 1.54) is 43.1 Å². The summed E-state index contributed by atoms with van der Waals surface area (Å²) in [6, 6.07) is 79.8. The molecule has 0 N–H and O–H groups in total. The summed E-state index contributed by atoms with van der Waals surface area (Å²) in [6.07, 6.45) is 0. The van der Waals surface area contributed by atoms with Gasteiger partial charge in [-0.2, -0.15) is 0 Å². The van der Waals surface area contributed by atoms with Crippen LogP contribution in [0, 0.1) is 0 Å². The third-order valence-electron chi connectivity index (χ3n) is 14.1. The van der Waals surface area contributed by atoms with Gasteiger partial charge in [-0.3, -0.25) is 0 Å². The summed E-state index contributed by atoms with van der Waals surface area (Å²) in [5, 5.41) is 13.8. The van der Waals surface area contributed by atoms with Gasteiger partial charge in [0.15, 0.2) is 17.5 Å². The molecule has 0 fully saturated rings. The summed E-state index contributed by atoms with van der Waals surface area (Å²) in [5.41, 5.74) is 11.1. The molecule has 0 aliphatic carbocycles. The van der Waals surface area contributed by atoms with Crippen molar-refractivity contribution in [2.75, 3.05) is 0 Å². The van der Waals surface area contributed by atoms with Gasteiger partial charge in [0.2, 0.25) is 0 Å². The van der Waals surface area contributed by atoms with Crippen molar-refractivity contribution in [1.29, 1.82) is 0 Å². The highest BCUT2D eigenvalue weighted by Crippen LogP contribution is 2.44. The highest BCUT2D eigenvalue weighted by molar-refractivity contribution is 6.21. The molecule has 4 aromatic heterocycles. The fraction of sp³-hybridized carbons (Fsp3) is 0. The van der Waals surface area contributed by atoms with Crippen molar-refractivity contribution in [2.45, 2.75) is 0 Å². The van der Waals surface area contributed by atoms with Gasteiger partial charge in [0.1, 0.15) is 11.2 Å². The van der Waals surface area contributed by atoms with Crippen LogP contribution in [0.2, 0.25) is 0 Å². The Balaban J connectivity index is 0.963. The van der Waals surface area contributed by atoms with E-state index in [2.05, 4.69) is 215 Å². The second-order valence-electron chi connectivity index (χ2n) is 18.0. The third kappa shape index (κ3) is 5.76. The molecule has 0 bridgehead atoms. The predicted octanol–water partition coefficient (Wildman–Crippen LogP) is 16.4. The smallest absolute Gasteiger partial charge is 0.164 e. The lowest BCUT2D eigenvalue weighted by atomic mass is 10.0. The van der Waals surface area contributed by atoms with Crippen LogP contribution in [0.4, 0.5) is 0 Å². The van der Waals surface area contributed by atoms with Gasteiger partial charge in [0, 0.05) is 65.5 Å². The zero-order valence-electron chi connectivity index (χ0n) is 37.0. The fourth-order valence-corrected chi connectivity index (χ4v) is 10.9. The molecule has 0 aliphatic heterocycles. The average molecular weight is 880 g/mol. The Bertz CT molecular complexity index is 4510. The first-order valence-corrected chi connectivity index (χ1v) is 23.3. The first-order valence-electron chi connectivity index (χ1n) is 23.3. The Hall–Kier alpha value is -9.39. The summed E-state index contributed by atoms with van der Waals surface area (Å²) in [4.78, 5) is 15.7. The van der Waals surface area contributed by atoms with Crippen LogP contribution in [0.5, 0.6) is 0 Å². The van der Waals surface area contributed by atoms with Crippen LogP contribution in [0.25, 0.3) is 143 Å². The molecule has 0 atom stereocenters. The van der Waals surface area contributed by atoms with Crippen molar-refractivity contribution in [3.8, 4) is 45.5 Å². The van der Waals surface area contributed by atoms with E-state index in [1.807, 2.05) is 18.2 Å². The highest BCUT2D eigenvalue weighted by Gasteiger charge is 2.22. The molecule has 11 aromatic carbocycles. The Morgan fingerprint density at radius 1 is 0.290 bits per heavy atom. The second kappa shape index (κ2) is 14.6. The largest absolute Gasteiger partial charge is 0.455 e. The van der Waals surface area contributed by atoms with Gasteiger partial charge in [-0.15, -0.1) is 0 Å². The molecule has 0 unspecified atom stereocenters. The number of aromatic nitrogens is 5. The molecular formula is C63H37N5O. The standard InChI is InChI=1S/C63H37N5O/c1-3-15-38(16-4-1)61-64-62(66-63(65-61)44-27-29-48-46-23-13-14-26-54(46)67(55(48)36-44)45-21-5-2-6-22-45)43-28-30-59-52(33-43)53-37-58(47-24-11-12-25-49(47)60(53)69-59)68-56-34-41-19-9-7-17-39(41)31-50(56)51-32-40-18-8-10-20-42(40)35-57(51)68/h1-37H. The quantitative estimate of drug-likeness (QED) is 0.173. The van der Waals surface area contributed by atoms with E-state index < -0.39 is 0 Å². The van der Waals surface area contributed by atoms with E-state index in [4.69, 9.17) is 19.4 Å². The number of para-hydroxylation sites is 2. The molecular weight excluding hydrogens is 843 g/mol. The minimum atomic E-state index is 0.584. The molecule has 15 rings (SSSR count). The normalized spacial score (nSPS) is 12.1. The number of nitrogens with zero attached hydrogens (tertiary/aromatic N) is 5. The lowest BCUT2D eigenvalue weighted by molar-refractivity contribution is 0.672. The van der Waals surface area contributed by atoms with E-state index in [0.717, 1.165) is 82.8 Å². The summed E-state index contributed by atoms with van der Waals surface area (Å²) < 4.78 is 11.6. The molecule has 0 amide bonds. The van der Waals surface area contributed by atoms with Crippen molar-refractivity contribution >= 4 is 97.9 Å². The van der Waals surface area contributed by atoms with E-state index in [1.54, 1.807) is 0 Å². The van der Waals surface area contributed by atoms with Crippen molar-refractivity contribution in [3.63, 3.8) is 0 Å². The van der Waals surface area contributed by atoms with Crippen LogP contribution in [0.1, 0.15) is 0 Å². The summed E-state index contributed by atoms with van der Waals surface area (Å²) in [5.74, 6) is 1.79. The van der Waals surface area contributed by atoms with E-state index in [0.29, 0.717) is 17.5 Å². The Labute approximate surface area is 394 Å². The molecule has 6 heteroatoms. The molecule has 0 aliphatic rings. The molecule has 6 nitrogen and oxygen atoms in total. The topological polar surface area (TPSA) is 61.7 Å². The van der Waals surface area contributed by atoms with Crippen LogP contribution in [0.15, 0.2) is 229 Å². The number of hydrogen-bond acceptors (Lipinski definition) is 4. The molecule has 320 valence electrons. The maximum Gasteiger partial charge on any atom is 0.164 e. The Kier molecular flexibility index (Phi) is 7.97. The van der Waals surface area contributed by atoms with Crippen LogP contribution < -0.4 is 0 Å².